The van der Waals surface area contributed by atoms with Gasteiger partial charge in [0.15, 0.2) is 0 Å². The minimum Gasteiger partial charge on any atom is -0.462 e. The fraction of sp³-hybridized carbons (Fsp3) is 0.295. The molecule has 0 N–H and O–H groups in total. The number of hydrogen-bond acceptors (Lipinski definition) is 1. The maximum Gasteiger partial charge on any atom is 0.292 e. The van der Waals surface area contributed by atoms with Gasteiger partial charge in [-0.1, -0.05) is 48.5 Å². The van der Waals surface area contributed by atoms with Crippen molar-refractivity contribution in [2.75, 3.05) is 0 Å². The molecular weight excluding hydrogens is 583 g/mol. The summed E-state index contributed by atoms with van der Waals surface area (Å²) in [5.74, 6) is 5.69. The van der Waals surface area contributed by atoms with Crippen molar-refractivity contribution in [2.45, 2.75) is 64.1 Å². The summed E-state index contributed by atoms with van der Waals surface area (Å²) in [7, 11) is 0. The molecule has 1 spiro atoms. The lowest BCUT2D eigenvalue weighted by Gasteiger charge is -2.68. The van der Waals surface area contributed by atoms with E-state index in [1.807, 2.05) is 0 Å². The number of para-hydroxylation sites is 1. The second kappa shape index (κ2) is 8.00. The van der Waals surface area contributed by atoms with Crippen LogP contribution in [0.5, 0.6) is 5.75 Å². The van der Waals surface area contributed by atoms with E-state index in [1.54, 1.807) is 11.1 Å². The van der Waals surface area contributed by atoms with E-state index in [0.717, 1.165) is 35.2 Å². The van der Waals surface area contributed by atoms with Gasteiger partial charge in [-0.25, -0.2) is 4.57 Å². The Balaban J connectivity index is 1.19. The molecule has 6 unspecified atom stereocenters. The second-order valence-corrected chi connectivity index (χ2v) is 16.4. The summed E-state index contributed by atoms with van der Waals surface area (Å²) in [5.41, 5.74) is 18.8. The van der Waals surface area contributed by atoms with Crippen molar-refractivity contribution in [2.24, 2.45) is 17.3 Å². The summed E-state index contributed by atoms with van der Waals surface area (Å²) < 4.78 is 12.2. The predicted molar refractivity (Wildman–Crippen MR) is 194 cm³/mol. The molecule has 3 saturated carbocycles. The van der Waals surface area contributed by atoms with Crippen LogP contribution >= 0.6 is 0 Å². The normalized spacial score (nSPS) is 29.3. The van der Waals surface area contributed by atoms with E-state index >= 15 is 0 Å². The molecule has 4 aromatic carbocycles. The molecule has 2 aliphatic heterocycles. The number of rotatable bonds is 1. The number of aryl methyl sites for hydroxylation is 2. The maximum atomic E-state index is 6.89. The first-order valence-corrected chi connectivity index (χ1v) is 18.3. The lowest BCUT2D eigenvalue weighted by molar-refractivity contribution is -0.564. The molecule has 13 rings (SSSR count). The monoisotopic (exact) mass is 619 g/mol. The first-order valence-electron chi connectivity index (χ1n) is 18.3. The fourth-order valence-electron chi connectivity index (χ4n) is 13.0. The lowest BCUT2D eigenvalue weighted by atomic mass is 9.28. The number of ether oxygens (including phenoxy) is 1. The van der Waals surface area contributed by atoms with Crippen molar-refractivity contribution < 1.29 is 9.30 Å². The third-order valence-electron chi connectivity index (χ3n) is 14.8. The Labute approximate surface area is 280 Å². The van der Waals surface area contributed by atoms with Crippen LogP contribution in [0.25, 0.3) is 44.7 Å². The van der Waals surface area contributed by atoms with Gasteiger partial charge in [-0.15, -0.1) is 0 Å². The first kappa shape index (κ1) is 25.5. The number of allylic oxidation sites excluding steroid dienone is 2. The summed E-state index contributed by atoms with van der Waals surface area (Å²) in [4.78, 5) is 0. The summed E-state index contributed by atoms with van der Waals surface area (Å²) in [6, 6.07) is 30.3. The summed E-state index contributed by atoms with van der Waals surface area (Å²) in [6.45, 7) is 7.15. The number of aromatic nitrogens is 2. The van der Waals surface area contributed by atoms with Crippen LogP contribution in [0.2, 0.25) is 0 Å². The summed E-state index contributed by atoms with van der Waals surface area (Å²) in [5, 5.41) is 2.78. The third-order valence-corrected chi connectivity index (χ3v) is 14.8. The molecule has 0 saturated heterocycles. The molecule has 48 heavy (non-hydrogen) atoms. The van der Waals surface area contributed by atoms with Gasteiger partial charge in [0.05, 0.1) is 11.2 Å². The van der Waals surface area contributed by atoms with Crippen LogP contribution in [-0.2, 0) is 0 Å². The first-order chi connectivity index (χ1) is 23.5. The van der Waals surface area contributed by atoms with Gasteiger partial charge in [0.25, 0.3) is 5.65 Å². The van der Waals surface area contributed by atoms with Gasteiger partial charge in [0, 0.05) is 11.5 Å². The highest BCUT2D eigenvalue weighted by Gasteiger charge is 2.72. The zero-order valence-corrected chi connectivity index (χ0v) is 27.7. The molecule has 7 aliphatic rings. The van der Waals surface area contributed by atoms with Crippen molar-refractivity contribution in [1.29, 1.82) is 0 Å². The summed E-state index contributed by atoms with van der Waals surface area (Å²) >= 11 is 0. The number of fused-ring (bicyclic) bond motifs is 11. The number of nitrogens with zero attached hydrogens (tertiary/aromatic N) is 2. The minimum atomic E-state index is 0.100. The summed E-state index contributed by atoms with van der Waals surface area (Å²) in [6.07, 6.45) is 8.15. The highest BCUT2D eigenvalue weighted by Crippen LogP contribution is 2.81. The van der Waals surface area contributed by atoms with Crippen LogP contribution in [0, 0.1) is 31.1 Å². The average Bonchev–Trinajstić information content (AvgIpc) is 3.65. The third kappa shape index (κ3) is 2.60. The molecule has 4 heteroatoms. The molecule has 2 bridgehead atoms. The van der Waals surface area contributed by atoms with Gasteiger partial charge in [-0.05, 0) is 150 Å². The standard InChI is InChI=1S/C44H36BN2O/c1-22-8-6-9-23(2)39(22)41-24(3)46-38-17-26-15-31-30(27-14-28-18-29-19-32(31)44(28,29)21-27)20-35(26)47(38)34-12-7-10-25-16-37-42(43(46)40(25)34)45(41)33-11-4-5-13-36(33)48-37/h4-13,15-17,20,27-29,32,42H,14,18-19,21H2,1-3H3/q+1. The molecule has 230 valence electrons. The zero-order chi connectivity index (χ0) is 31.4. The molecule has 6 aromatic rings. The Bertz CT molecular complexity index is 2620. The van der Waals surface area contributed by atoms with Crippen molar-refractivity contribution in [3.8, 4) is 5.75 Å². The molecule has 2 aromatic heterocycles. The topological polar surface area (TPSA) is 17.5 Å². The van der Waals surface area contributed by atoms with Crippen LogP contribution in [0.15, 0.2) is 84.6 Å². The molecule has 3 nitrogen and oxygen atoms in total. The van der Waals surface area contributed by atoms with E-state index in [2.05, 4.69) is 115 Å². The number of benzene rings is 4. The van der Waals surface area contributed by atoms with Crippen LogP contribution in [0.3, 0.4) is 0 Å². The van der Waals surface area contributed by atoms with Gasteiger partial charge in [-0.2, -0.15) is 4.40 Å². The van der Waals surface area contributed by atoms with E-state index in [0.29, 0.717) is 5.41 Å². The van der Waals surface area contributed by atoms with E-state index in [4.69, 9.17) is 4.74 Å². The van der Waals surface area contributed by atoms with Gasteiger partial charge < -0.3 is 4.74 Å². The number of hydrogen-bond donors (Lipinski definition) is 0. The molecule has 4 heterocycles. The zero-order valence-electron chi connectivity index (χ0n) is 27.7. The fourth-order valence-corrected chi connectivity index (χ4v) is 13.0. The molecule has 6 atom stereocenters. The van der Waals surface area contributed by atoms with Crippen molar-refractivity contribution >= 4 is 56.9 Å². The Morgan fingerprint density at radius 2 is 1.67 bits per heavy atom. The molecule has 0 radical (unpaired) electrons. The predicted octanol–water partition coefficient (Wildman–Crippen LogP) is 8.86. The lowest BCUT2D eigenvalue weighted by Crippen LogP contribution is -2.59. The molecule has 3 fully saturated rings. The Hall–Kier alpha value is -4.57. The maximum absolute atomic E-state index is 6.89. The van der Waals surface area contributed by atoms with Gasteiger partial charge in [-0.3, -0.25) is 0 Å². The SMILES string of the molecule is CC1=C(c2c(C)cccc2C)B2c3ccccc3OC3=Cc4cccc5c4c([n+]1c1cc4cc6c(cc4n51)C1CC4CC5CC6C45C1)C23. The van der Waals surface area contributed by atoms with Gasteiger partial charge in [0.2, 0.25) is 6.71 Å². The second-order valence-electron chi connectivity index (χ2n) is 16.4. The Kier molecular flexibility index (Phi) is 4.24. The van der Waals surface area contributed by atoms with Crippen molar-refractivity contribution in [3.63, 3.8) is 0 Å². The van der Waals surface area contributed by atoms with Crippen molar-refractivity contribution in [3.05, 3.63) is 124 Å². The van der Waals surface area contributed by atoms with Crippen LogP contribution in [-0.4, -0.2) is 11.1 Å². The highest BCUT2D eigenvalue weighted by molar-refractivity contribution is 6.93. The smallest absolute Gasteiger partial charge is 0.292 e. The van der Waals surface area contributed by atoms with Crippen LogP contribution in [0.4, 0.5) is 0 Å². The van der Waals surface area contributed by atoms with E-state index < -0.39 is 0 Å². The largest absolute Gasteiger partial charge is 0.462 e. The van der Waals surface area contributed by atoms with E-state index in [9.17, 15) is 0 Å². The average molecular weight is 620 g/mol. The quantitative estimate of drug-likeness (QED) is 0.133. The Morgan fingerprint density at radius 3 is 2.54 bits per heavy atom. The van der Waals surface area contributed by atoms with Crippen LogP contribution < -0.4 is 14.8 Å². The molecular formula is C44H36BN2O+. The van der Waals surface area contributed by atoms with Gasteiger partial charge >= 0.3 is 0 Å². The van der Waals surface area contributed by atoms with Gasteiger partial charge in [0.1, 0.15) is 33.9 Å². The van der Waals surface area contributed by atoms with E-state index in [1.165, 1.54) is 97.7 Å². The Morgan fingerprint density at radius 1 is 0.833 bits per heavy atom. The highest BCUT2D eigenvalue weighted by atomic mass is 16.5. The molecule has 5 aliphatic carbocycles. The van der Waals surface area contributed by atoms with Crippen LogP contribution in [0.1, 0.15) is 89.3 Å². The van der Waals surface area contributed by atoms with E-state index in [-0.39, 0.29) is 12.5 Å². The van der Waals surface area contributed by atoms with Crippen molar-refractivity contribution in [1.82, 2.24) is 4.40 Å². The molecule has 0 amide bonds. The minimum absolute atomic E-state index is 0.100.